The molecule has 2 nitrogen and oxygen atoms in total. The first-order valence-corrected chi connectivity index (χ1v) is 5.41. The summed E-state index contributed by atoms with van der Waals surface area (Å²) in [5.41, 5.74) is 1.18. The first-order valence-electron chi connectivity index (χ1n) is 4.97. The third-order valence-electron chi connectivity index (χ3n) is 2.17. The summed E-state index contributed by atoms with van der Waals surface area (Å²) >= 11 is 6.04. The molecule has 0 saturated carbocycles. The van der Waals surface area contributed by atoms with Crippen molar-refractivity contribution in [1.82, 2.24) is 4.98 Å². The highest BCUT2D eigenvalue weighted by Gasteiger charge is 2.14. The van der Waals surface area contributed by atoms with E-state index >= 15 is 0 Å². The lowest BCUT2D eigenvalue weighted by Gasteiger charge is -2.10. The van der Waals surface area contributed by atoms with Crippen LogP contribution in [0.5, 0.6) is 0 Å². The first kappa shape index (κ1) is 12.4. The Morgan fingerprint density at radius 3 is 2.87 bits per heavy atom. The van der Waals surface area contributed by atoms with Crippen LogP contribution in [0.4, 0.5) is 4.39 Å². The van der Waals surface area contributed by atoms with Crippen LogP contribution in [0, 0.1) is 5.82 Å². The first-order chi connectivity index (χ1) is 7.19. The maximum atomic E-state index is 13.4. The van der Waals surface area contributed by atoms with Gasteiger partial charge in [-0.2, -0.15) is 0 Å². The summed E-state index contributed by atoms with van der Waals surface area (Å²) in [6, 6.07) is 3.10. The number of nitrogens with zero attached hydrogens (tertiary/aromatic N) is 1. The van der Waals surface area contributed by atoms with E-state index in [4.69, 9.17) is 16.3 Å². The molecule has 0 spiro atoms. The highest BCUT2D eigenvalue weighted by molar-refractivity contribution is 6.20. The fourth-order valence-corrected chi connectivity index (χ4v) is 1.52. The molecule has 0 fully saturated rings. The monoisotopic (exact) mass is 231 g/mol. The average Bonchev–Trinajstić information content (AvgIpc) is 2.26. The van der Waals surface area contributed by atoms with Gasteiger partial charge in [0.1, 0.15) is 5.82 Å². The van der Waals surface area contributed by atoms with Crippen molar-refractivity contribution in [3.05, 3.63) is 29.3 Å². The summed E-state index contributed by atoms with van der Waals surface area (Å²) in [4.78, 5) is 4.18. The summed E-state index contributed by atoms with van der Waals surface area (Å²) in [6.45, 7) is 2.48. The molecule has 1 unspecified atom stereocenters. The zero-order chi connectivity index (χ0) is 11.3. The minimum Gasteiger partial charge on any atom is -0.385 e. The molecule has 1 aromatic heterocycles. The number of methoxy groups -OCH3 is 1. The molecule has 0 amide bonds. The van der Waals surface area contributed by atoms with Crippen LogP contribution >= 0.6 is 11.6 Å². The summed E-state index contributed by atoms with van der Waals surface area (Å²) in [6.07, 6.45) is 1.34. The maximum Gasteiger partial charge on any atom is 0.146 e. The zero-order valence-corrected chi connectivity index (χ0v) is 9.72. The van der Waals surface area contributed by atoms with E-state index in [1.807, 2.05) is 6.92 Å². The van der Waals surface area contributed by atoms with Crippen molar-refractivity contribution in [3.63, 3.8) is 0 Å². The Kier molecular flexibility index (Phi) is 4.99. The van der Waals surface area contributed by atoms with Crippen molar-refractivity contribution < 1.29 is 9.13 Å². The van der Waals surface area contributed by atoms with E-state index in [-0.39, 0.29) is 5.82 Å². The molecule has 1 atom stereocenters. The van der Waals surface area contributed by atoms with Crippen molar-refractivity contribution in [2.75, 3.05) is 13.7 Å². The second-order valence-corrected chi connectivity index (χ2v) is 3.80. The highest BCUT2D eigenvalue weighted by Crippen LogP contribution is 2.25. The van der Waals surface area contributed by atoms with Gasteiger partial charge in [0.25, 0.3) is 0 Å². The van der Waals surface area contributed by atoms with Gasteiger partial charge < -0.3 is 4.74 Å². The number of pyridine rings is 1. The Bertz CT molecular complexity index is 319. The number of hydrogen-bond acceptors (Lipinski definition) is 2. The van der Waals surface area contributed by atoms with E-state index in [2.05, 4.69) is 4.98 Å². The predicted molar refractivity (Wildman–Crippen MR) is 58.7 cm³/mol. The molecule has 4 heteroatoms. The van der Waals surface area contributed by atoms with Crippen molar-refractivity contribution in [2.45, 2.75) is 25.1 Å². The van der Waals surface area contributed by atoms with Crippen LogP contribution in [0.1, 0.15) is 30.1 Å². The van der Waals surface area contributed by atoms with E-state index in [1.165, 1.54) is 6.07 Å². The predicted octanol–water partition coefficient (Wildman–Crippen LogP) is 3.10. The number of ether oxygens (including phenoxy) is 1. The minimum atomic E-state index is -0.420. The molecule has 0 radical (unpaired) electrons. The topological polar surface area (TPSA) is 22.1 Å². The Morgan fingerprint density at radius 2 is 2.27 bits per heavy atom. The number of aromatic nitrogens is 1. The zero-order valence-electron chi connectivity index (χ0n) is 8.96. The van der Waals surface area contributed by atoms with Gasteiger partial charge in [0.2, 0.25) is 0 Å². The summed E-state index contributed by atoms with van der Waals surface area (Å²) in [5.74, 6) is -0.344. The molecule has 0 aliphatic heterocycles. The van der Waals surface area contributed by atoms with Gasteiger partial charge in [-0.05, 0) is 25.0 Å². The SMILES string of the molecule is CCc1ccc(F)c(C(Cl)CCOC)n1. The normalized spacial score (nSPS) is 12.8. The van der Waals surface area contributed by atoms with Gasteiger partial charge in [0.05, 0.1) is 11.1 Å². The van der Waals surface area contributed by atoms with E-state index in [0.717, 1.165) is 12.1 Å². The molecule has 15 heavy (non-hydrogen) atoms. The third-order valence-corrected chi connectivity index (χ3v) is 2.59. The van der Waals surface area contributed by atoms with Gasteiger partial charge in [-0.1, -0.05) is 6.92 Å². The van der Waals surface area contributed by atoms with Crippen molar-refractivity contribution in [2.24, 2.45) is 0 Å². The molecule has 1 aromatic rings. The number of aryl methyl sites for hydroxylation is 1. The summed E-state index contributed by atoms with van der Waals surface area (Å²) in [7, 11) is 1.59. The number of halogens is 2. The average molecular weight is 232 g/mol. The van der Waals surface area contributed by atoms with Crippen LogP contribution in [0.2, 0.25) is 0 Å². The molecule has 0 N–H and O–H groups in total. The van der Waals surface area contributed by atoms with Crippen molar-refractivity contribution in [1.29, 1.82) is 0 Å². The molecule has 0 aromatic carbocycles. The number of rotatable bonds is 5. The fourth-order valence-electron chi connectivity index (χ4n) is 1.27. The minimum absolute atomic E-state index is 0.327. The Hall–Kier alpha value is -0.670. The van der Waals surface area contributed by atoms with Gasteiger partial charge in [0, 0.05) is 19.4 Å². The van der Waals surface area contributed by atoms with E-state index in [1.54, 1.807) is 13.2 Å². The van der Waals surface area contributed by atoms with E-state index in [0.29, 0.717) is 18.7 Å². The fraction of sp³-hybridized carbons (Fsp3) is 0.545. The molecule has 1 heterocycles. The molecular formula is C11H15ClFNO. The van der Waals surface area contributed by atoms with Crippen LogP contribution in [-0.4, -0.2) is 18.7 Å². The third kappa shape index (κ3) is 3.43. The van der Waals surface area contributed by atoms with Crippen molar-refractivity contribution >= 4 is 11.6 Å². The van der Waals surface area contributed by atoms with Gasteiger partial charge in [-0.15, -0.1) is 11.6 Å². The Balaban J connectivity index is 2.81. The van der Waals surface area contributed by atoms with E-state index < -0.39 is 5.38 Å². The maximum absolute atomic E-state index is 13.4. The van der Waals surface area contributed by atoms with Crippen LogP contribution in [0.3, 0.4) is 0 Å². The van der Waals surface area contributed by atoms with Crippen LogP contribution in [0.15, 0.2) is 12.1 Å². The van der Waals surface area contributed by atoms with Crippen LogP contribution in [0.25, 0.3) is 0 Å². The van der Waals surface area contributed by atoms with Gasteiger partial charge in [-0.3, -0.25) is 4.98 Å². The Morgan fingerprint density at radius 1 is 1.53 bits per heavy atom. The molecule has 1 rings (SSSR count). The molecule has 0 aliphatic rings. The summed E-state index contributed by atoms with van der Waals surface area (Å²) < 4.78 is 18.3. The molecule has 0 bridgehead atoms. The second kappa shape index (κ2) is 6.03. The quantitative estimate of drug-likeness (QED) is 0.727. The smallest absolute Gasteiger partial charge is 0.146 e. The molecule has 0 aliphatic carbocycles. The molecular weight excluding hydrogens is 217 g/mol. The highest BCUT2D eigenvalue weighted by atomic mass is 35.5. The Labute approximate surface area is 94.4 Å². The molecule has 0 saturated heterocycles. The largest absolute Gasteiger partial charge is 0.385 e. The lowest BCUT2D eigenvalue weighted by Crippen LogP contribution is -2.04. The molecule has 84 valence electrons. The number of hydrogen-bond donors (Lipinski definition) is 0. The second-order valence-electron chi connectivity index (χ2n) is 3.27. The number of alkyl halides is 1. The lowest BCUT2D eigenvalue weighted by atomic mass is 10.2. The van der Waals surface area contributed by atoms with Crippen LogP contribution < -0.4 is 0 Å². The lowest BCUT2D eigenvalue weighted by molar-refractivity contribution is 0.193. The summed E-state index contributed by atoms with van der Waals surface area (Å²) in [5, 5.41) is -0.420. The van der Waals surface area contributed by atoms with Gasteiger partial charge in [0.15, 0.2) is 0 Å². The van der Waals surface area contributed by atoms with Crippen molar-refractivity contribution in [3.8, 4) is 0 Å². The van der Waals surface area contributed by atoms with Gasteiger partial charge in [-0.25, -0.2) is 4.39 Å². The van der Waals surface area contributed by atoms with Gasteiger partial charge >= 0.3 is 0 Å². The van der Waals surface area contributed by atoms with Crippen LogP contribution in [-0.2, 0) is 11.2 Å². The van der Waals surface area contributed by atoms with E-state index in [9.17, 15) is 4.39 Å². The standard InChI is InChI=1S/C11H15ClFNO/c1-3-8-4-5-10(13)11(14-8)9(12)6-7-15-2/h4-5,9H,3,6-7H2,1-2H3.